The maximum absolute atomic E-state index is 5.45. The molecule has 0 spiro atoms. The third-order valence-electron chi connectivity index (χ3n) is 3.81. The molecule has 1 aromatic carbocycles. The standard InChI is InChI=1S/C19H33NO/c1-2-3-4-5-6-7-8-9-10-11-15-18-21-20-19-16-13-12-14-17-19/h12-14,16-17,20H,2-11,15,18H2,1H3. The average molecular weight is 291 g/mol. The van der Waals surface area contributed by atoms with Gasteiger partial charge < -0.3 is 0 Å². The number of nitrogens with one attached hydrogen (secondary N) is 1. The van der Waals surface area contributed by atoms with E-state index in [4.69, 9.17) is 4.84 Å². The van der Waals surface area contributed by atoms with E-state index in [9.17, 15) is 0 Å². The molecule has 21 heavy (non-hydrogen) atoms. The summed E-state index contributed by atoms with van der Waals surface area (Å²) in [5.74, 6) is 0. The molecule has 2 nitrogen and oxygen atoms in total. The fraction of sp³-hybridized carbons (Fsp3) is 0.684. The molecule has 0 heterocycles. The van der Waals surface area contributed by atoms with Gasteiger partial charge in [-0.25, -0.2) is 0 Å². The Morgan fingerprint density at radius 2 is 1.24 bits per heavy atom. The Kier molecular flexibility index (Phi) is 12.0. The van der Waals surface area contributed by atoms with Crippen molar-refractivity contribution in [2.75, 3.05) is 12.1 Å². The number of hydrogen-bond donors (Lipinski definition) is 1. The SMILES string of the molecule is CCCCCCCCCCCCCONc1ccccc1. The molecule has 120 valence electrons. The van der Waals surface area contributed by atoms with Gasteiger partial charge in [-0.15, -0.1) is 0 Å². The monoisotopic (exact) mass is 291 g/mol. The number of hydrogen-bond acceptors (Lipinski definition) is 2. The Hall–Kier alpha value is -1.02. The molecule has 1 N–H and O–H groups in total. The predicted molar refractivity (Wildman–Crippen MR) is 92.5 cm³/mol. The van der Waals surface area contributed by atoms with Gasteiger partial charge in [-0.2, -0.15) is 0 Å². The molecule has 0 bridgehead atoms. The number of unbranched alkanes of at least 4 members (excludes halogenated alkanes) is 10. The van der Waals surface area contributed by atoms with Gasteiger partial charge in [-0.05, 0) is 18.6 Å². The molecule has 0 radical (unpaired) electrons. The fourth-order valence-corrected chi connectivity index (χ4v) is 2.48. The van der Waals surface area contributed by atoms with Crippen LogP contribution < -0.4 is 5.48 Å². The molecule has 0 saturated carbocycles. The zero-order valence-electron chi connectivity index (χ0n) is 13.8. The summed E-state index contributed by atoms with van der Waals surface area (Å²) in [6.45, 7) is 3.07. The lowest BCUT2D eigenvalue weighted by Gasteiger charge is -2.06. The van der Waals surface area contributed by atoms with Gasteiger partial charge in [0, 0.05) is 0 Å². The maximum atomic E-state index is 5.45. The second-order valence-electron chi connectivity index (χ2n) is 5.85. The van der Waals surface area contributed by atoms with E-state index in [1.54, 1.807) is 0 Å². The molecule has 0 atom stereocenters. The van der Waals surface area contributed by atoms with E-state index in [2.05, 4.69) is 12.4 Å². The number of rotatable bonds is 14. The van der Waals surface area contributed by atoms with Gasteiger partial charge in [-0.3, -0.25) is 10.3 Å². The minimum atomic E-state index is 0.798. The Morgan fingerprint density at radius 3 is 1.81 bits per heavy atom. The molecule has 0 unspecified atom stereocenters. The zero-order valence-corrected chi connectivity index (χ0v) is 13.8. The van der Waals surface area contributed by atoms with Gasteiger partial charge in [0.25, 0.3) is 0 Å². The lowest BCUT2D eigenvalue weighted by atomic mass is 10.1. The fourth-order valence-electron chi connectivity index (χ4n) is 2.48. The summed E-state index contributed by atoms with van der Waals surface area (Å²) in [7, 11) is 0. The first kappa shape index (κ1) is 18.0. The van der Waals surface area contributed by atoms with Crippen molar-refractivity contribution in [3.8, 4) is 0 Å². The van der Waals surface area contributed by atoms with Gasteiger partial charge in [-0.1, -0.05) is 89.3 Å². The third-order valence-corrected chi connectivity index (χ3v) is 3.81. The first-order valence-corrected chi connectivity index (χ1v) is 8.86. The molecular formula is C19H33NO. The van der Waals surface area contributed by atoms with Crippen LogP contribution in [0.15, 0.2) is 30.3 Å². The van der Waals surface area contributed by atoms with Gasteiger partial charge in [0.1, 0.15) is 0 Å². The molecule has 0 aliphatic rings. The van der Waals surface area contributed by atoms with Crippen LogP contribution in [0.5, 0.6) is 0 Å². The minimum absolute atomic E-state index is 0.798. The average Bonchev–Trinajstić information content (AvgIpc) is 2.53. The highest BCUT2D eigenvalue weighted by Gasteiger charge is 1.94. The van der Waals surface area contributed by atoms with Crippen LogP contribution in [0, 0.1) is 0 Å². The molecule has 0 saturated heterocycles. The molecule has 1 aromatic rings. The first-order valence-electron chi connectivity index (χ1n) is 8.86. The van der Waals surface area contributed by atoms with Crippen molar-refractivity contribution in [1.29, 1.82) is 0 Å². The molecular weight excluding hydrogens is 258 g/mol. The molecule has 0 amide bonds. The van der Waals surface area contributed by atoms with Gasteiger partial charge in [0.15, 0.2) is 0 Å². The summed E-state index contributed by atoms with van der Waals surface area (Å²) in [4.78, 5) is 5.45. The van der Waals surface area contributed by atoms with Crippen LogP contribution in [-0.4, -0.2) is 6.61 Å². The van der Waals surface area contributed by atoms with E-state index < -0.39 is 0 Å². The van der Waals surface area contributed by atoms with Crippen LogP contribution in [0.4, 0.5) is 5.69 Å². The van der Waals surface area contributed by atoms with Crippen molar-refractivity contribution in [3.63, 3.8) is 0 Å². The quantitative estimate of drug-likeness (QED) is 0.319. The lowest BCUT2D eigenvalue weighted by molar-refractivity contribution is 0.187. The Morgan fingerprint density at radius 1 is 0.714 bits per heavy atom. The van der Waals surface area contributed by atoms with Crippen molar-refractivity contribution in [2.45, 2.75) is 77.6 Å². The van der Waals surface area contributed by atoms with E-state index in [0.717, 1.165) is 18.7 Å². The largest absolute Gasteiger partial charge is 0.276 e. The summed E-state index contributed by atoms with van der Waals surface area (Å²) < 4.78 is 0. The van der Waals surface area contributed by atoms with E-state index in [0.29, 0.717) is 0 Å². The summed E-state index contributed by atoms with van der Waals surface area (Å²) in [5.41, 5.74) is 4.01. The molecule has 0 aliphatic carbocycles. The van der Waals surface area contributed by atoms with Crippen molar-refractivity contribution in [2.24, 2.45) is 0 Å². The second kappa shape index (κ2) is 13.9. The van der Waals surface area contributed by atoms with Crippen LogP contribution in [-0.2, 0) is 4.84 Å². The van der Waals surface area contributed by atoms with Crippen LogP contribution in [0.2, 0.25) is 0 Å². The van der Waals surface area contributed by atoms with Crippen LogP contribution in [0.3, 0.4) is 0 Å². The first-order chi connectivity index (χ1) is 10.4. The van der Waals surface area contributed by atoms with Crippen molar-refractivity contribution < 1.29 is 4.84 Å². The van der Waals surface area contributed by atoms with Crippen LogP contribution in [0.1, 0.15) is 77.6 Å². The molecule has 0 fully saturated rings. The Bertz CT molecular complexity index is 313. The highest BCUT2D eigenvalue weighted by atomic mass is 16.6. The van der Waals surface area contributed by atoms with Crippen molar-refractivity contribution in [1.82, 2.24) is 0 Å². The molecule has 2 heteroatoms. The van der Waals surface area contributed by atoms with Crippen molar-refractivity contribution in [3.05, 3.63) is 30.3 Å². The maximum Gasteiger partial charge on any atom is 0.0746 e. The van der Waals surface area contributed by atoms with E-state index in [1.807, 2.05) is 30.3 Å². The van der Waals surface area contributed by atoms with Crippen LogP contribution in [0.25, 0.3) is 0 Å². The second-order valence-corrected chi connectivity index (χ2v) is 5.85. The van der Waals surface area contributed by atoms with Gasteiger partial charge in [0.2, 0.25) is 0 Å². The Labute approximate surface area is 131 Å². The summed E-state index contributed by atoms with van der Waals surface area (Å²) in [6.07, 6.45) is 15.1. The molecule has 0 aliphatic heterocycles. The summed E-state index contributed by atoms with van der Waals surface area (Å²) in [6, 6.07) is 10.1. The third kappa shape index (κ3) is 11.3. The van der Waals surface area contributed by atoms with E-state index in [1.165, 1.54) is 64.2 Å². The van der Waals surface area contributed by atoms with Gasteiger partial charge >= 0.3 is 0 Å². The Balaban J connectivity index is 1.75. The summed E-state index contributed by atoms with van der Waals surface area (Å²) in [5, 5.41) is 0. The zero-order chi connectivity index (χ0) is 15.0. The predicted octanol–water partition coefficient (Wildman–Crippen LogP) is 6.34. The highest BCUT2D eigenvalue weighted by Crippen LogP contribution is 2.11. The smallest absolute Gasteiger partial charge is 0.0746 e. The van der Waals surface area contributed by atoms with Gasteiger partial charge in [0.05, 0.1) is 12.3 Å². The normalized spacial score (nSPS) is 10.7. The van der Waals surface area contributed by atoms with E-state index in [-0.39, 0.29) is 0 Å². The van der Waals surface area contributed by atoms with E-state index >= 15 is 0 Å². The number of benzene rings is 1. The molecule has 0 aromatic heterocycles. The van der Waals surface area contributed by atoms with Crippen molar-refractivity contribution >= 4 is 5.69 Å². The van der Waals surface area contributed by atoms with Crippen LogP contribution >= 0.6 is 0 Å². The molecule has 1 rings (SSSR count). The number of anilines is 1. The number of para-hydroxylation sites is 1. The summed E-state index contributed by atoms with van der Waals surface area (Å²) >= 11 is 0. The topological polar surface area (TPSA) is 21.3 Å². The minimum Gasteiger partial charge on any atom is -0.276 e. The highest BCUT2D eigenvalue weighted by molar-refractivity contribution is 5.39. The lowest BCUT2D eigenvalue weighted by Crippen LogP contribution is -2.02.